The number of thiophene rings is 1. The number of hydrogen-bond donors (Lipinski definition) is 1. The Morgan fingerprint density at radius 1 is 1.38 bits per heavy atom. The molecule has 1 aliphatic carbocycles. The van der Waals surface area contributed by atoms with Crippen LogP contribution in [0.3, 0.4) is 0 Å². The van der Waals surface area contributed by atoms with Gasteiger partial charge in [0.05, 0.1) is 12.1 Å². The quantitative estimate of drug-likeness (QED) is 0.848. The summed E-state index contributed by atoms with van der Waals surface area (Å²) < 4.78 is 2.37. The number of aryl methyl sites for hydroxylation is 2. The summed E-state index contributed by atoms with van der Waals surface area (Å²) >= 11 is 1.87. The van der Waals surface area contributed by atoms with Crippen molar-refractivity contribution >= 4 is 11.3 Å². The number of hydrogen-bond acceptors (Lipinski definition) is 2. The van der Waals surface area contributed by atoms with Crippen LogP contribution in [0.2, 0.25) is 0 Å². The Bertz CT molecular complexity index is 665. The fourth-order valence-corrected chi connectivity index (χ4v) is 4.75. The minimum Gasteiger partial charge on any atom is -0.388 e. The van der Waals surface area contributed by atoms with Gasteiger partial charge in [0, 0.05) is 27.2 Å². The Labute approximate surface area is 131 Å². The molecular weight excluding hydrogens is 278 g/mol. The number of aliphatic hydroxyl groups excluding tert-OH is 1. The molecule has 2 nitrogen and oxygen atoms in total. The van der Waals surface area contributed by atoms with Gasteiger partial charge in [-0.25, -0.2) is 0 Å². The van der Waals surface area contributed by atoms with Gasteiger partial charge in [-0.15, -0.1) is 11.3 Å². The van der Waals surface area contributed by atoms with Gasteiger partial charge < -0.3 is 9.67 Å². The maximum absolute atomic E-state index is 10.4. The third-order valence-corrected chi connectivity index (χ3v) is 5.74. The molecule has 0 aliphatic heterocycles. The molecule has 2 heterocycles. The van der Waals surface area contributed by atoms with Gasteiger partial charge >= 0.3 is 0 Å². The second-order valence-corrected chi connectivity index (χ2v) is 8.69. The van der Waals surface area contributed by atoms with Crippen LogP contribution in [0.5, 0.6) is 0 Å². The Balaban J connectivity index is 2.03. The molecule has 1 aliphatic rings. The molecule has 3 heteroatoms. The molecule has 114 valence electrons. The van der Waals surface area contributed by atoms with Crippen LogP contribution in [0, 0.1) is 19.3 Å². The van der Waals surface area contributed by atoms with Crippen LogP contribution in [0.4, 0.5) is 0 Å². The van der Waals surface area contributed by atoms with Crippen LogP contribution in [0.25, 0.3) is 0 Å². The van der Waals surface area contributed by atoms with Gasteiger partial charge in [0.25, 0.3) is 0 Å². The van der Waals surface area contributed by atoms with Crippen molar-refractivity contribution in [3.05, 3.63) is 44.9 Å². The molecule has 2 atom stereocenters. The smallest absolute Gasteiger partial charge is 0.0812 e. The van der Waals surface area contributed by atoms with E-state index in [0.717, 1.165) is 18.4 Å². The summed E-state index contributed by atoms with van der Waals surface area (Å²) in [7, 11) is 0. The second-order valence-electron chi connectivity index (χ2n) is 7.23. The fraction of sp³-hybridized carbons (Fsp3) is 0.556. The first-order chi connectivity index (χ1) is 9.78. The molecule has 2 unspecified atom stereocenters. The van der Waals surface area contributed by atoms with Crippen LogP contribution >= 0.6 is 11.3 Å². The molecule has 0 bridgehead atoms. The Hall–Kier alpha value is -1.06. The van der Waals surface area contributed by atoms with Gasteiger partial charge in [-0.1, -0.05) is 13.8 Å². The zero-order valence-corrected chi connectivity index (χ0v) is 14.4. The first-order valence-corrected chi connectivity index (χ1v) is 8.55. The van der Waals surface area contributed by atoms with Crippen LogP contribution < -0.4 is 0 Å². The summed E-state index contributed by atoms with van der Waals surface area (Å²) in [6.07, 6.45) is 3.74. The van der Waals surface area contributed by atoms with Crippen LogP contribution in [-0.2, 0) is 6.42 Å². The molecule has 3 rings (SSSR count). The number of fused-ring (bicyclic) bond motifs is 1. The zero-order chi connectivity index (χ0) is 15.4. The van der Waals surface area contributed by atoms with Gasteiger partial charge in [-0.05, 0) is 56.7 Å². The highest BCUT2D eigenvalue weighted by Gasteiger charge is 2.34. The van der Waals surface area contributed by atoms with E-state index in [1.807, 2.05) is 11.3 Å². The normalized spacial score (nSPS) is 22.1. The van der Waals surface area contributed by atoms with Crippen LogP contribution in [-0.4, -0.2) is 9.67 Å². The van der Waals surface area contributed by atoms with Gasteiger partial charge in [-0.3, -0.25) is 0 Å². The number of aromatic nitrogens is 1. The summed E-state index contributed by atoms with van der Waals surface area (Å²) in [6, 6.07) is 4.75. The van der Waals surface area contributed by atoms with E-state index in [0.29, 0.717) is 6.04 Å². The van der Waals surface area contributed by atoms with Crippen molar-refractivity contribution in [1.82, 2.24) is 4.57 Å². The molecule has 0 radical (unpaired) electrons. The summed E-state index contributed by atoms with van der Waals surface area (Å²) in [5.74, 6) is 0. The lowest BCUT2D eigenvalue weighted by atomic mass is 9.75. The Kier molecular flexibility index (Phi) is 3.53. The van der Waals surface area contributed by atoms with Crippen LogP contribution in [0.1, 0.15) is 65.9 Å². The molecule has 0 fully saturated rings. The molecule has 0 saturated carbocycles. The van der Waals surface area contributed by atoms with E-state index >= 15 is 0 Å². The lowest BCUT2D eigenvalue weighted by Gasteiger charge is -2.34. The number of rotatable bonds is 2. The van der Waals surface area contributed by atoms with E-state index in [1.165, 1.54) is 21.0 Å². The average molecular weight is 303 g/mol. The number of aliphatic hydroxyl groups is 1. The van der Waals surface area contributed by atoms with E-state index in [1.54, 1.807) is 0 Å². The van der Waals surface area contributed by atoms with Crippen molar-refractivity contribution in [2.75, 3.05) is 0 Å². The van der Waals surface area contributed by atoms with E-state index in [-0.39, 0.29) is 11.5 Å². The van der Waals surface area contributed by atoms with Crippen molar-refractivity contribution in [2.24, 2.45) is 5.41 Å². The summed E-state index contributed by atoms with van der Waals surface area (Å²) in [5.41, 5.74) is 4.02. The van der Waals surface area contributed by atoms with Crippen LogP contribution in [0.15, 0.2) is 18.3 Å². The molecular formula is C18H25NOS. The van der Waals surface area contributed by atoms with Crippen molar-refractivity contribution in [3.63, 3.8) is 0 Å². The van der Waals surface area contributed by atoms with E-state index in [9.17, 15) is 5.11 Å². The lowest BCUT2D eigenvalue weighted by Crippen LogP contribution is -2.27. The third-order valence-electron chi connectivity index (χ3n) is 4.76. The fourth-order valence-electron chi connectivity index (χ4n) is 3.73. The molecule has 0 saturated heterocycles. The minimum atomic E-state index is -0.317. The standard InChI is InChI=1S/C18H25NOS/c1-11-8-15(13(3)21-11)12(2)19-7-6-14-16(19)9-18(4,5)10-17(14)20/h6-8,12,17,20H,9-10H2,1-5H3. The summed E-state index contributed by atoms with van der Waals surface area (Å²) in [4.78, 5) is 2.77. The highest BCUT2D eigenvalue weighted by atomic mass is 32.1. The summed E-state index contributed by atoms with van der Waals surface area (Å²) in [5, 5.41) is 10.4. The van der Waals surface area contributed by atoms with Gasteiger partial charge in [0.15, 0.2) is 0 Å². The molecule has 2 aromatic heterocycles. The van der Waals surface area contributed by atoms with E-state index in [4.69, 9.17) is 0 Å². The first-order valence-electron chi connectivity index (χ1n) is 7.73. The molecule has 21 heavy (non-hydrogen) atoms. The van der Waals surface area contributed by atoms with Crippen molar-refractivity contribution in [3.8, 4) is 0 Å². The zero-order valence-electron chi connectivity index (χ0n) is 13.6. The lowest BCUT2D eigenvalue weighted by molar-refractivity contribution is 0.0978. The topological polar surface area (TPSA) is 25.2 Å². The highest BCUT2D eigenvalue weighted by molar-refractivity contribution is 7.12. The monoisotopic (exact) mass is 303 g/mol. The first kappa shape index (κ1) is 14.9. The van der Waals surface area contributed by atoms with Gasteiger partial charge in [0.1, 0.15) is 0 Å². The SMILES string of the molecule is Cc1cc(C(C)n2ccc3c2CC(C)(C)CC3O)c(C)s1. The van der Waals surface area contributed by atoms with Gasteiger partial charge in [0.2, 0.25) is 0 Å². The highest BCUT2D eigenvalue weighted by Crippen LogP contribution is 2.42. The van der Waals surface area contributed by atoms with E-state index in [2.05, 4.69) is 57.5 Å². The van der Waals surface area contributed by atoms with Gasteiger partial charge in [-0.2, -0.15) is 0 Å². The largest absolute Gasteiger partial charge is 0.388 e. The molecule has 1 N–H and O–H groups in total. The molecule has 0 aromatic carbocycles. The Morgan fingerprint density at radius 3 is 2.71 bits per heavy atom. The van der Waals surface area contributed by atoms with Crippen molar-refractivity contribution < 1.29 is 5.11 Å². The third kappa shape index (κ3) is 2.58. The number of nitrogens with zero attached hydrogens (tertiary/aromatic N) is 1. The summed E-state index contributed by atoms with van der Waals surface area (Å²) in [6.45, 7) is 11.1. The Morgan fingerprint density at radius 2 is 2.10 bits per heavy atom. The average Bonchev–Trinajstić information content (AvgIpc) is 2.90. The predicted molar refractivity (Wildman–Crippen MR) is 89.1 cm³/mol. The maximum Gasteiger partial charge on any atom is 0.0812 e. The molecule has 0 amide bonds. The maximum atomic E-state index is 10.4. The predicted octanol–water partition coefficient (Wildman–Crippen LogP) is 4.78. The van der Waals surface area contributed by atoms with Crippen molar-refractivity contribution in [2.45, 2.75) is 59.6 Å². The molecule has 2 aromatic rings. The second kappa shape index (κ2) is 4.99. The molecule has 0 spiro atoms. The minimum absolute atomic E-state index is 0.168. The van der Waals surface area contributed by atoms with E-state index < -0.39 is 0 Å². The van der Waals surface area contributed by atoms with Crippen molar-refractivity contribution in [1.29, 1.82) is 0 Å².